The predicted octanol–water partition coefficient (Wildman–Crippen LogP) is 4.98. The summed E-state index contributed by atoms with van der Waals surface area (Å²) in [5, 5.41) is 3.30. The number of esters is 1. The van der Waals surface area contributed by atoms with Gasteiger partial charge in [0.05, 0.1) is 18.8 Å². The Morgan fingerprint density at radius 3 is 2.63 bits per heavy atom. The number of hydrogen-bond acceptors (Lipinski definition) is 5. The van der Waals surface area contributed by atoms with Crippen molar-refractivity contribution in [1.82, 2.24) is 0 Å². The molecule has 0 aliphatic heterocycles. The summed E-state index contributed by atoms with van der Waals surface area (Å²) in [6.45, 7) is 8.46. The first-order valence-electron chi connectivity index (χ1n) is 8.95. The van der Waals surface area contributed by atoms with Gasteiger partial charge in [-0.25, -0.2) is 4.79 Å². The second-order valence-electron chi connectivity index (χ2n) is 5.92. The van der Waals surface area contributed by atoms with E-state index in [1.807, 2.05) is 45.0 Å². The van der Waals surface area contributed by atoms with E-state index in [1.165, 1.54) is 17.4 Å². The number of para-hydroxylation sites is 1. The highest BCUT2D eigenvalue weighted by molar-refractivity contribution is 7.16. The fraction of sp³-hybridized carbons (Fsp3) is 0.333. The summed E-state index contributed by atoms with van der Waals surface area (Å²) in [6, 6.07) is 7.54. The van der Waals surface area contributed by atoms with Gasteiger partial charge in [0.1, 0.15) is 10.8 Å². The Labute approximate surface area is 164 Å². The van der Waals surface area contributed by atoms with Crippen LogP contribution in [-0.4, -0.2) is 25.1 Å². The van der Waals surface area contributed by atoms with E-state index in [-0.39, 0.29) is 12.5 Å². The van der Waals surface area contributed by atoms with E-state index in [0.717, 1.165) is 28.2 Å². The average Bonchev–Trinajstić information content (AvgIpc) is 2.92. The molecule has 1 aromatic heterocycles. The van der Waals surface area contributed by atoms with Crippen LogP contribution in [0.15, 0.2) is 30.3 Å². The minimum atomic E-state index is -0.419. The highest BCUT2D eigenvalue weighted by Crippen LogP contribution is 2.33. The first-order chi connectivity index (χ1) is 13.0. The van der Waals surface area contributed by atoms with Crippen molar-refractivity contribution in [1.29, 1.82) is 0 Å². The molecule has 1 heterocycles. The molecule has 1 amide bonds. The molecule has 2 rings (SSSR count). The molecule has 0 saturated heterocycles. The topological polar surface area (TPSA) is 64.6 Å². The van der Waals surface area contributed by atoms with Gasteiger partial charge in [-0.15, -0.1) is 11.3 Å². The Bertz CT molecular complexity index is 839. The lowest BCUT2D eigenvalue weighted by molar-refractivity contribution is -0.111. The van der Waals surface area contributed by atoms with Crippen LogP contribution in [0.4, 0.5) is 5.00 Å². The number of nitrogens with one attached hydrogen (secondary N) is 1. The minimum absolute atomic E-state index is 0.287. The van der Waals surface area contributed by atoms with E-state index < -0.39 is 5.97 Å². The monoisotopic (exact) mass is 387 g/mol. The van der Waals surface area contributed by atoms with Crippen LogP contribution in [-0.2, 0) is 9.53 Å². The zero-order chi connectivity index (χ0) is 19.8. The van der Waals surface area contributed by atoms with Crippen LogP contribution in [0.5, 0.6) is 5.75 Å². The van der Waals surface area contributed by atoms with Crippen LogP contribution >= 0.6 is 11.3 Å². The third kappa shape index (κ3) is 5.44. The second-order valence-corrected chi connectivity index (χ2v) is 7.14. The number of amides is 1. The Kier molecular flexibility index (Phi) is 7.61. The van der Waals surface area contributed by atoms with Crippen LogP contribution < -0.4 is 10.1 Å². The van der Waals surface area contributed by atoms with E-state index >= 15 is 0 Å². The highest BCUT2D eigenvalue weighted by Gasteiger charge is 2.21. The Hall–Kier alpha value is -2.60. The molecule has 0 radical (unpaired) electrons. The molecule has 0 unspecified atom stereocenters. The van der Waals surface area contributed by atoms with Crippen molar-refractivity contribution in [3.8, 4) is 5.75 Å². The largest absolute Gasteiger partial charge is 0.493 e. The number of ether oxygens (including phenoxy) is 2. The molecule has 5 nitrogen and oxygen atoms in total. The van der Waals surface area contributed by atoms with Crippen LogP contribution in [0.3, 0.4) is 0 Å². The number of carbonyl (C=O) groups excluding carboxylic acids is 2. The van der Waals surface area contributed by atoms with Gasteiger partial charge in [-0.3, -0.25) is 4.79 Å². The van der Waals surface area contributed by atoms with E-state index in [2.05, 4.69) is 5.32 Å². The van der Waals surface area contributed by atoms with E-state index in [4.69, 9.17) is 9.47 Å². The van der Waals surface area contributed by atoms with Crippen molar-refractivity contribution < 1.29 is 19.1 Å². The van der Waals surface area contributed by atoms with Gasteiger partial charge in [0, 0.05) is 16.5 Å². The van der Waals surface area contributed by atoms with Crippen molar-refractivity contribution in [2.45, 2.75) is 34.1 Å². The van der Waals surface area contributed by atoms with Gasteiger partial charge in [0.25, 0.3) is 0 Å². The summed E-state index contributed by atoms with van der Waals surface area (Å²) in [6.07, 6.45) is 4.05. The van der Waals surface area contributed by atoms with Gasteiger partial charge < -0.3 is 14.8 Å². The van der Waals surface area contributed by atoms with Crippen molar-refractivity contribution in [2.24, 2.45) is 0 Å². The molecule has 0 bridgehead atoms. The molecular formula is C21H25NO4S. The Morgan fingerprint density at radius 1 is 1.19 bits per heavy atom. The van der Waals surface area contributed by atoms with Crippen molar-refractivity contribution in [3.63, 3.8) is 0 Å². The summed E-state index contributed by atoms with van der Waals surface area (Å²) in [4.78, 5) is 25.6. The maximum absolute atomic E-state index is 12.4. The lowest BCUT2D eigenvalue weighted by Crippen LogP contribution is -2.12. The van der Waals surface area contributed by atoms with E-state index in [0.29, 0.717) is 17.2 Å². The first kappa shape index (κ1) is 20.7. The van der Waals surface area contributed by atoms with E-state index in [9.17, 15) is 9.59 Å². The zero-order valence-electron chi connectivity index (χ0n) is 16.1. The predicted molar refractivity (Wildman–Crippen MR) is 110 cm³/mol. The summed E-state index contributed by atoms with van der Waals surface area (Å²) < 4.78 is 10.8. The average molecular weight is 388 g/mol. The summed E-state index contributed by atoms with van der Waals surface area (Å²) in [5.41, 5.74) is 2.08. The number of aryl methyl sites for hydroxylation is 1. The third-order valence-electron chi connectivity index (χ3n) is 3.90. The third-order valence-corrected chi connectivity index (χ3v) is 5.02. The maximum atomic E-state index is 12.4. The van der Waals surface area contributed by atoms with Crippen LogP contribution in [0.2, 0.25) is 0 Å². The number of hydrogen-bond donors (Lipinski definition) is 1. The lowest BCUT2D eigenvalue weighted by atomic mass is 10.1. The summed E-state index contributed by atoms with van der Waals surface area (Å²) >= 11 is 1.37. The van der Waals surface area contributed by atoms with Gasteiger partial charge in [-0.2, -0.15) is 0 Å². The standard InChI is InChI=1S/C21H25NO4S/c1-5-13-26-17-10-8-7-9-16(17)11-12-18(23)22-20-19(21(24)25-6-2)14(3)15(4)27-20/h7-12H,5-6,13H2,1-4H3,(H,22,23)/b12-11+. The summed E-state index contributed by atoms with van der Waals surface area (Å²) in [7, 11) is 0. The number of thiophene rings is 1. The molecular weight excluding hydrogens is 362 g/mol. The number of carbonyl (C=O) groups is 2. The van der Waals surface area contributed by atoms with Crippen LogP contribution in [0, 0.1) is 13.8 Å². The quantitative estimate of drug-likeness (QED) is 0.512. The molecule has 0 saturated carbocycles. The van der Waals surface area contributed by atoms with Gasteiger partial charge in [-0.1, -0.05) is 25.1 Å². The molecule has 0 aliphatic carbocycles. The Balaban J connectivity index is 2.16. The van der Waals surface area contributed by atoms with Gasteiger partial charge in [0.15, 0.2) is 0 Å². The molecule has 0 fully saturated rings. The number of rotatable bonds is 8. The first-order valence-corrected chi connectivity index (χ1v) is 9.77. The van der Waals surface area contributed by atoms with Gasteiger partial charge in [-0.05, 0) is 44.9 Å². The number of anilines is 1. The van der Waals surface area contributed by atoms with Gasteiger partial charge >= 0.3 is 5.97 Å². The highest BCUT2D eigenvalue weighted by atomic mass is 32.1. The molecule has 1 aromatic carbocycles. The van der Waals surface area contributed by atoms with Crippen molar-refractivity contribution in [2.75, 3.05) is 18.5 Å². The van der Waals surface area contributed by atoms with Crippen molar-refractivity contribution >= 4 is 34.3 Å². The van der Waals surface area contributed by atoms with Gasteiger partial charge in [0.2, 0.25) is 5.91 Å². The Morgan fingerprint density at radius 2 is 1.93 bits per heavy atom. The van der Waals surface area contributed by atoms with E-state index in [1.54, 1.807) is 13.0 Å². The lowest BCUT2D eigenvalue weighted by Gasteiger charge is -2.08. The molecule has 0 aliphatic rings. The number of benzene rings is 1. The van der Waals surface area contributed by atoms with Crippen LogP contribution in [0.25, 0.3) is 6.08 Å². The maximum Gasteiger partial charge on any atom is 0.341 e. The fourth-order valence-corrected chi connectivity index (χ4v) is 3.50. The molecule has 0 atom stereocenters. The zero-order valence-corrected chi connectivity index (χ0v) is 16.9. The SMILES string of the molecule is CCCOc1ccccc1/C=C/C(=O)Nc1sc(C)c(C)c1C(=O)OCC. The fourth-order valence-electron chi connectivity index (χ4n) is 2.44. The molecule has 27 heavy (non-hydrogen) atoms. The molecule has 144 valence electrons. The summed E-state index contributed by atoms with van der Waals surface area (Å²) in [5.74, 6) is 0.00228. The second kappa shape index (κ2) is 9.92. The van der Waals surface area contributed by atoms with Crippen molar-refractivity contribution in [3.05, 3.63) is 51.9 Å². The molecule has 1 N–H and O–H groups in total. The van der Waals surface area contributed by atoms with Crippen LogP contribution in [0.1, 0.15) is 46.6 Å². The molecule has 2 aromatic rings. The minimum Gasteiger partial charge on any atom is -0.493 e. The molecule has 6 heteroatoms. The smallest absolute Gasteiger partial charge is 0.341 e. The molecule has 0 spiro atoms. The normalized spacial score (nSPS) is 10.8.